The van der Waals surface area contributed by atoms with Gasteiger partial charge in [-0.3, -0.25) is 42.6 Å². The maximum Gasteiger partial charge on any atom is 0.472 e. The summed E-state index contributed by atoms with van der Waals surface area (Å²) in [6.45, 7) is 8.82. The Bertz CT molecular complexity index is 1740. The maximum atomic E-state index is 14.0. The van der Waals surface area contributed by atoms with E-state index in [9.17, 15) is 48.1 Å². The van der Waals surface area contributed by atoms with Gasteiger partial charge < -0.3 is 56.8 Å². The van der Waals surface area contributed by atoms with Gasteiger partial charge in [0.25, 0.3) is 0 Å². The highest BCUT2D eigenvalue weighted by molar-refractivity contribution is 7.80. The largest absolute Gasteiger partial charge is 0.472 e. The number of nitrogens with two attached hydrogens (primary N) is 2. The number of Topliss-reactive ketones (excluding diaryl/α,β-unsaturated/α-hetero) is 2. The number of hydrogen-bond acceptors (Lipinski definition) is 16. The van der Waals surface area contributed by atoms with Crippen LogP contribution in [0.3, 0.4) is 0 Å². The maximum absolute atomic E-state index is 14.0. The predicted octanol–water partition coefficient (Wildman–Crippen LogP) is -0.128. The lowest BCUT2D eigenvalue weighted by Crippen LogP contribution is -2.52. The van der Waals surface area contributed by atoms with Crippen LogP contribution in [0.25, 0.3) is 0 Å². The van der Waals surface area contributed by atoms with E-state index in [2.05, 4.69) is 45.1 Å². The zero-order valence-corrected chi connectivity index (χ0v) is 39.3. The fraction of sp³-hybridized carbons (Fsp3) is 0.707. The fourth-order valence-corrected chi connectivity index (χ4v) is 7.99. The number of unbranched alkanes of at least 4 members (excludes halogenated alkanes) is 1. The zero-order chi connectivity index (χ0) is 48.5. The number of hydrogen-bond donors (Lipinski definition) is 9. The van der Waals surface area contributed by atoms with Crippen molar-refractivity contribution in [2.45, 2.75) is 109 Å². The first-order valence-electron chi connectivity index (χ1n) is 21.7. The molecule has 10 N–H and O–H groups in total. The highest BCUT2D eigenvalue weighted by atomic mass is 32.1. The van der Waals surface area contributed by atoms with E-state index in [1.54, 1.807) is 6.08 Å². The summed E-state index contributed by atoms with van der Waals surface area (Å²) in [5.41, 5.74) is 11.6. The number of nitrogens with zero attached hydrogens (tertiary/aromatic N) is 2. The number of carbonyl (C=O) groups excluding carboxylic acids is 7. The SMILES string of the molecule is C=CCCCOP(=O)(O)O[C@H](C)[C@H](CC(=O)[C@H](CO)NC(=O)[C@@H](CC(=O)[C@H](CC(C)C)NC(=O)[C@@H]1CCCN1C(=O)CCOCCOCCNC(=O)[C@@H](N)CS)Cc1cnc[nH]1)C(N)=O. The highest BCUT2D eigenvalue weighted by Crippen LogP contribution is 2.46. The van der Waals surface area contributed by atoms with Crippen LogP contribution in [0.4, 0.5) is 0 Å². The molecule has 22 nitrogen and oxygen atoms in total. The number of phosphoric ester groups is 1. The Morgan fingerprint density at radius 3 is 2.34 bits per heavy atom. The van der Waals surface area contributed by atoms with E-state index in [1.165, 1.54) is 24.3 Å². The van der Waals surface area contributed by atoms with E-state index < -0.39 is 98.7 Å². The molecule has 1 unspecified atom stereocenters. The van der Waals surface area contributed by atoms with Crippen molar-refractivity contribution in [3.05, 3.63) is 30.9 Å². The summed E-state index contributed by atoms with van der Waals surface area (Å²) >= 11 is 3.98. The third-order valence-corrected chi connectivity index (χ3v) is 11.9. The number of H-pyrrole nitrogens is 1. The van der Waals surface area contributed by atoms with Crippen molar-refractivity contribution < 1.29 is 66.6 Å². The summed E-state index contributed by atoms with van der Waals surface area (Å²) in [5, 5.41) is 18.1. The number of primary amides is 1. The first-order chi connectivity index (χ1) is 30.8. The molecule has 0 radical (unpaired) electrons. The van der Waals surface area contributed by atoms with Crippen LogP contribution < -0.4 is 27.4 Å². The molecule has 0 saturated carbocycles. The van der Waals surface area contributed by atoms with Gasteiger partial charge in [0.2, 0.25) is 29.5 Å². The molecule has 5 amide bonds. The minimum Gasteiger partial charge on any atom is -0.394 e. The monoisotopic (exact) mass is 960 g/mol. The van der Waals surface area contributed by atoms with Crippen LogP contribution in [0, 0.1) is 17.8 Å². The molecule has 1 saturated heterocycles. The molecule has 8 atom stereocenters. The molecule has 2 heterocycles. The lowest BCUT2D eigenvalue weighted by atomic mass is 9.89. The van der Waals surface area contributed by atoms with Crippen molar-refractivity contribution in [3.8, 4) is 0 Å². The summed E-state index contributed by atoms with van der Waals surface area (Å²) < 4.78 is 33.4. The summed E-state index contributed by atoms with van der Waals surface area (Å²) in [7, 11) is -4.66. The van der Waals surface area contributed by atoms with Crippen LogP contribution in [-0.4, -0.2) is 155 Å². The van der Waals surface area contributed by atoms with Crippen LogP contribution in [0.5, 0.6) is 0 Å². The van der Waals surface area contributed by atoms with Crippen LogP contribution in [-0.2, 0) is 63.1 Å². The van der Waals surface area contributed by atoms with Crippen molar-refractivity contribution in [2.24, 2.45) is 29.2 Å². The second-order valence-electron chi connectivity index (χ2n) is 16.1. The summed E-state index contributed by atoms with van der Waals surface area (Å²) in [4.78, 5) is 111. The number of thiol groups is 1. The minimum atomic E-state index is -4.66. The molecule has 0 bridgehead atoms. The first kappa shape index (κ1) is 57.1. The summed E-state index contributed by atoms with van der Waals surface area (Å²) in [5.74, 6) is -6.80. The van der Waals surface area contributed by atoms with Crippen molar-refractivity contribution in [1.82, 2.24) is 30.8 Å². The second-order valence-corrected chi connectivity index (χ2v) is 17.9. The third-order valence-electron chi connectivity index (χ3n) is 10.4. The Hall–Kier alpha value is -4.06. The summed E-state index contributed by atoms with van der Waals surface area (Å²) in [6.07, 6.45) is 3.92. The number of allylic oxidation sites excluding steroid dienone is 1. The number of aromatic amines is 1. The van der Waals surface area contributed by atoms with Crippen LogP contribution in [0.15, 0.2) is 25.2 Å². The molecule has 1 aromatic rings. The highest BCUT2D eigenvalue weighted by Gasteiger charge is 2.38. The van der Waals surface area contributed by atoms with Gasteiger partial charge in [0.15, 0.2) is 11.6 Å². The molecule has 1 fully saturated rings. The summed E-state index contributed by atoms with van der Waals surface area (Å²) in [6, 6.07) is -4.16. The van der Waals surface area contributed by atoms with Gasteiger partial charge in [0, 0.05) is 50.0 Å². The molecule has 0 aromatic carbocycles. The number of ketones is 2. The number of aliphatic hydroxyl groups excluding tert-OH is 1. The van der Waals surface area contributed by atoms with Crippen LogP contribution >= 0.6 is 20.5 Å². The van der Waals surface area contributed by atoms with Gasteiger partial charge in [-0.25, -0.2) is 9.55 Å². The molecular weight excluding hydrogens is 892 g/mol. The molecule has 1 aromatic heterocycles. The number of likely N-dealkylation sites (tertiary alicyclic amines) is 1. The number of aliphatic hydroxyl groups is 1. The Kier molecular flexibility index (Phi) is 26.6. The van der Waals surface area contributed by atoms with E-state index in [0.717, 1.165) is 0 Å². The van der Waals surface area contributed by atoms with Crippen molar-refractivity contribution in [1.29, 1.82) is 0 Å². The number of amides is 5. The van der Waals surface area contributed by atoms with Gasteiger partial charge in [-0.1, -0.05) is 19.9 Å². The molecule has 368 valence electrons. The fourth-order valence-electron chi connectivity index (χ4n) is 6.83. The number of phosphoric acid groups is 1. The quantitative estimate of drug-likeness (QED) is 0.0185. The smallest absolute Gasteiger partial charge is 0.394 e. The number of rotatable bonds is 35. The van der Waals surface area contributed by atoms with E-state index in [1.807, 2.05) is 13.8 Å². The standard InChI is InChI=1S/C41H69N8O14PS/c1-5-6-7-13-62-64(58,59)63-27(4)30(38(43)54)21-36(52)33(23-50)48-39(55)28(19-29-22-44-25-46-29)20-35(51)32(18-26(2)3)47-41(57)34-9-8-12-49(34)37(53)10-14-60-16-17-61-15-11-45-40(56)31(42)24-65/h5,22,25-28,30-34,50,65H,1,6-21,23-24,42H2,2-4H3,(H2,43,54)(H,44,46)(H,45,56)(H,47,57)(H,48,55)(H,58,59)/t27-,28-,30+,31+,32+,33+,34+/m1/s1. The topological polar surface area (TPSA) is 334 Å². The van der Waals surface area contributed by atoms with E-state index in [-0.39, 0.29) is 82.3 Å². The number of ether oxygens (including phenoxy) is 2. The molecule has 24 heteroatoms. The van der Waals surface area contributed by atoms with E-state index in [0.29, 0.717) is 37.9 Å². The Labute approximate surface area is 385 Å². The van der Waals surface area contributed by atoms with Crippen molar-refractivity contribution in [2.75, 3.05) is 58.5 Å². The Morgan fingerprint density at radius 2 is 1.72 bits per heavy atom. The predicted molar refractivity (Wildman–Crippen MR) is 240 cm³/mol. The van der Waals surface area contributed by atoms with Gasteiger partial charge in [0.05, 0.1) is 82.4 Å². The second kappa shape index (κ2) is 30.3. The Balaban J connectivity index is 2.06. The first-order valence-corrected chi connectivity index (χ1v) is 23.9. The lowest BCUT2D eigenvalue weighted by molar-refractivity contribution is -0.140. The van der Waals surface area contributed by atoms with E-state index >= 15 is 0 Å². The Morgan fingerprint density at radius 1 is 1.03 bits per heavy atom. The third kappa shape index (κ3) is 21.4. The van der Waals surface area contributed by atoms with Gasteiger partial charge in [-0.15, -0.1) is 6.58 Å². The van der Waals surface area contributed by atoms with Crippen molar-refractivity contribution >= 4 is 61.6 Å². The van der Waals surface area contributed by atoms with Gasteiger partial charge in [0.1, 0.15) is 12.1 Å². The molecule has 0 spiro atoms. The van der Waals surface area contributed by atoms with Gasteiger partial charge >= 0.3 is 7.82 Å². The number of imidazole rings is 1. The molecule has 2 rings (SSSR count). The lowest BCUT2D eigenvalue weighted by Gasteiger charge is -2.28. The molecule has 0 aliphatic carbocycles. The molecular formula is C41H69N8O14PS. The number of carbonyl (C=O) groups is 7. The van der Waals surface area contributed by atoms with Gasteiger partial charge in [-0.2, -0.15) is 12.6 Å². The van der Waals surface area contributed by atoms with Crippen LogP contribution in [0.2, 0.25) is 0 Å². The molecule has 1 aliphatic rings. The zero-order valence-electron chi connectivity index (χ0n) is 37.5. The average Bonchev–Trinajstić information content (AvgIpc) is 3.97. The van der Waals surface area contributed by atoms with E-state index in [4.69, 9.17) is 30.0 Å². The number of nitrogens with one attached hydrogen (secondary N) is 4. The molecule has 65 heavy (non-hydrogen) atoms. The van der Waals surface area contributed by atoms with Gasteiger partial charge in [-0.05, 0) is 44.9 Å². The normalized spacial score (nSPS) is 17.5. The number of aromatic nitrogens is 2. The van der Waals surface area contributed by atoms with Crippen LogP contribution in [0.1, 0.15) is 77.8 Å². The minimum absolute atomic E-state index is 0.00390. The van der Waals surface area contributed by atoms with Crippen molar-refractivity contribution in [3.63, 3.8) is 0 Å². The average molecular weight is 961 g/mol. The molecule has 1 aliphatic heterocycles.